The van der Waals surface area contributed by atoms with Gasteiger partial charge in [-0.15, -0.1) is 0 Å². The van der Waals surface area contributed by atoms with E-state index in [0.29, 0.717) is 30.1 Å². The first-order chi connectivity index (χ1) is 12.7. The molecule has 6 heteroatoms. The number of benzene rings is 1. The van der Waals surface area contributed by atoms with Gasteiger partial charge in [-0.3, -0.25) is 0 Å². The summed E-state index contributed by atoms with van der Waals surface area (Å²) in [6.07, 6.45) is 5.49. The van der Waals surface area contributed by atoms with E-state index in [4.69, 9.17) is 24.4 Å². The summed E-state index contributed by atoms with van der Waals surface area (Å²) >= 11 is 0. The molecule has 1 atom stereocenters. The monoisotopic (exact) mass is 370 g/mol. The Balaban J connectivity index is 2.63. The molecular weight excluding hydrogens is 336 g/mol. The molecule has 0 saturated carbocycles. The zero-order chi connectivity index (χ0) is 19.2. The molecule has 0 aliphatic carbocycles. The van der Waals surface area contributed by atoms with Gasteiger partial charge in [-0.25, -0.2) is 0 Å². The third kappa shape index (κ3) is 8.47. The second-order valence-corrected chi connectivity index (χ2v) is 6.46. The number of unbranched alkanes of at least 4 members (excludes halogenated alkanes) is 1. The van der Waals surface area contributed by atoms with E-state index in [2.05, 4.69) is 13.8 Å². The second kappa shape index (κ2) is 13.9. The van der Waals surface area contributed by atoms with Gasteiger partial charge in [0.15, 0.2) is 0 Å². The Morgan fingerprint density at radius 3 is 2.08 bits per heavy atom. The molecule has 3 N–H and O–H groups in total. The summed E-state index contributed by atoms with van der Waals surface area (Å²) in [5, 5.41) is 27.9. The van der Waals surface area contributed by atoms with Crippen LogP contribution in [0, 0.1) is 5.92 Å². The van der Waals surface area contributed by atoms with Crippen LogP contribution >= 0.6 is 0 Å². The van der Waals surface area contributed by atoms with Crippen molar-refractivity contribution in [2.45, 2.75) is 59.2 Å². The van der Waals surface area contributed by atoms with Crippen molar-refractivity contribution in [2.24, 2.45) is 5.92 Å². The third-order valence-corrected chi connectivity index (χ3v) is 4.46. The normalized spacial score (nSPS) is 12.5. The number of phenolic OH excluding ortho intramolecular Hbond substituents is 1. The van der Waals surface area contributed by atoms with Crippen molar-refractivity contribution >= 4 is 0 Å². The lowest BCUT2D eigenvalue weighted by molar-refractivity contribution is -0.0142. The lowest BCUT2D eigenvalue weighted by atomic mass is 10.0. The Labute approximate surface area is 156 Å². The van der Waals surface area contributed by atoms with Crippen LogP contribution in [-0.4, -0.2) is 42.1 Å². The first kappa shape index (κ1) is 22.9. The molecule has 0 aromatic heterocycles. The third-order valence-electron chi connectivity index (χ3n) is 4.46. The molecule has 0 radical (unpaired) electrons. The van der Waals surface area contributed by atoms with Crippen LogP contribution in [0.25, 0.3) is 0 Å². The molecule has 150 valence electrons. The Kier molecular flexibility index (Phi) is 12.3. The van der Waals surface area contributed by atoms with Crippen LogP contribution < -0.4 is 0 Å². The molecule has 0 heterocycles. The van der Waals surface area contributed by atoms with Gasteiger partial charge in [0.25, 0.3) is 0 Å². The molecule has 6 nitrogen and oxygen atoms in total. The molecule has 1 aromatic rings. The molecule has 0 aliphatic rings. The molecule has 0 amide bonds. The molecule has 0 spiro atoms. The Morgan fingerprint density at radius 2 is 1.58 bits per heavy atom. The average molecular weight is 370 g/mol. The first-order valence-electron chi connectivity index (χ1n) is 9.44. The zero-order valence-electron chi connectivity index (χ0n) is 16.1. The summed E-state index contributed by atoms with van der Waals surface area (Å²) in [6, 6.07) is 3.70. The lowest BCUT2D eigenvalue weighted by Gasteiger charge is -2.16. The van der Waals surface area contributed by atoms with Crippen LogP contribution in [0.3, 0.4) is 0 Å². The average Bonchev–Trinajstić information content (AvgIpc) is 2.66. The lowest BCUT2D eigenvalue weighted by Crippen LogP contribution is -2.11. The highest BCUT2D eigenvalue weighted by atomic mass is 16.6. The Morgan fingerprint density at radius 1 is 0.962 bits per heavy atom. The summed E-state index contributed by atoms with van der Waals surface area (Å²) in [6.45, 7) is 5.18. The minimum atomic E-state index is -0.411. The zero-order valence-corrected chi connectivity index (χ0v) is 16.1. The highest BCUT2D eigenvalue weighted by Gasteiger charge is 2.11. The van der Waals surface area contributed by atoms with Gasteiger partial charge < -0.3 is 29.5 Å². The molecule has 1 rings (SSSR count). The summed E-state index contributed by atoms with van der Waals surface area (Å²) in [5.41, 5.74) is 2.17. The van der Waals surface area contributed by atoms with Crippen molar-refractivity contribution in [3.05, 3.63) is 28.8 Å². The number of hydrogen-bond acceptors (Lipinski definition) is 6. The summed E-state index contributed by atoms with van der Waals surface area (Å²) < 4.78 is 15.9. The van der Waals surface area contributed by atoms with E-state index in [9.17, 15) is 5.11 Å². The van der Waals surface area contributed by atoms with Crippen molar-refractivity contribution < 1.29 is 29.5 Å². The Hall–Kier alpha value is -1.18. The van der Waals surface area contributed by atoms with Crippen LogP contribution in [0.5, 0.6) is 5.75 Å². The second-order valence-electron chi connectivity index (χ2n) is 6.46. The summed E-state index contributed by atoms with van der Waals surface area (Å²) in [4.78, 5) is 0. The summed E-state index contributed by atoms with van der Waals surface area (Å²) in [5.74, 6) is 0.680. The van der Waals surface area contributed by atoms with Crippen molar-refractivity contribution in [1.29, 1.82) is 0 Å². The molecule has 26 heavy (non-hydrogen) atoms. The number of hydrogen-bond donors (Lipinski definition) is 3. The number of phenols is 1. The van der Waals surface area contributed by atoms with Crippen LogP contribution in [0.4, 0.5) is 0 Å². The van der Waals surface area contributed by atoms with Gasteiger partial charge >= 0.3 is 0 Å². The predicted molar refractivity (Wildman–Crippen MR) is 99.7 cm³/mol. The van der Waals surface area contributed by atoms with Crippen LogP contribution in [0.15, 0.2) is 12.1 Å². The van der Waals surface area contributed by atoms with E-state index in [1.54, 1.807) is 0 Å². The van der Waals surface area contributed by atoms with Gasteiger partial charge in [-0.1, -0.05) is 33.1 Å². The maximum absolute atomic E-state index is 10.3. The largest absolute Gasteiger partial charge is 0.507 e. The number of aromatic hydroxyl groups is 1. The van der Waals surface area contributed by atoms with E-state index in [1.807, 2.05) is 12.1 Å². The van der Waals surface area contributed by atoms with Crippen LogP contribution in [-0.2, 0) is 33.8 Å². The number of rotatable bonds is 15. The SMILES string of the molecule is CCCCC(CC)COCCc1cc(COCO)c(O)c(COCO)c1. The fourth-order valence-electron chi connectivity index (χ4n) is 2.85. The number of ether oxygens (including phenoxy) is 3. The fraction of sp³-hybridized carbons (Fsp3) is 0.700. The summed E-state index contributed by atoms with van der Waals surface area (Å²) in [7, 11) is 0. The van der Waals surface area contributed by atoms with Gasteiger partial charge in [-0.2, -0.15) is 0 Å². The van der Waals surface area contributed by atoms with Crippen LogP contribution in [0.1, 0.15) is 56.2 Å². The highest BCUT2D eigenvalue weighted by molar-refractivity contribution is 5.43. The smallest absolute Gasteiger partial charge is 0.144 e. The molecule has 0 bridgehead atoms. The number of aliphatic hydroxyl groups is 2. The van der Waals surface area contributed by atoms with Crippen molar-refractivity contribution in [1.82, 2.24) is 0 Å². The standard InChI is InChI=1S/C20H34O6/c1-3-5-6-16(4-2)11-24-8-7-17-9-18(12-25-14-21)20(23)19(10-17)13-26-15-22/h9-10,16,21-23H,3-8,11-15H2,1-2H3. The molecule has 0 saturated heterocycles. The molecule has 0 aliphatic heterocycles. The highest BCUT2D eigenvalue weighted by Crippen LogP contribution is 2.27. The maximum atomic E-state index is 10.3. The van der Waals surface area contributed by atoms with Crippen molar-refractivity contribution in [2.75, 3.05) is 26.8 Å². The van der Waals surface area contributed by atoms with E-state index in [-0.39, 0.29) is 19.0 Å². The fourth-order valence-corrected chi connectivity index (χ4v) is 2.85. The first-order valence-corrected chi connectivity index (χ1v) is 9.44. The van der Waals surface area contributed by atoms with Gasteiger partial charge in [0.05, 0.1) is 19.8 Å². The topological polar surface area (TPSA) is 88.4 Å². The molecule has 1 unspecified atom stereocenters. The minimum absolute atomic E-state index is 0.0715. The van der Waals surface area contributed by atoms with Gasteiger partial charge in [0, 0.05) is 17.7 Å². The molecular formula is C20H34O6. The maximum Gasteiger partial charge on any atom is 0.144 e. The molecule has 0 fully saturated rings. The van der Waals surface area contributed by atoms with E-state index >= 15 is 0 Å². The van der Waals surface area contributed by atoms with Crippen LogP contribution in [0.2, 0.25) is 0 Å². The van der Waals surface area contributed by atoms with E-state index in [0.717, 1.165) is 18.6 Å². The molecule has 1 aromatic carbocycles. The van der Waals surface area contributed by atoms with Gasteiger partial charge in [0.2, 0.25) is 0 Å². The van der Waals surface area contributed by atoms with Crippen molar-refractivity contribution in [3.63, 3.8) is 0 Å². The van der Waals surface area contributed by atoms with Crippen molar-refractivity contribution in [3.8, 4) is 5.75 Å². The quantitative estimate of drug-likeness (QED) is 0.325. The van der Waals surface area contributed by atoms with E-state index in [1.165, 1.54) is 19.3 Å². The van der Waals surface area contributed by atoms with Gasteiger partial charge in [0.1, 0.15) is 19.3 Å². The van der Waals surface area contributed by atoms with Gasteiger partial charge in [-0.05, 0) is 36.5 Å². The predicted octanol–water partition coefficient (Wildman–Crippen LogP) is 3.10. The Bertz CT molecular complexity index is 462. The number of aliphatic hydroxyl groups excluding tert-OH is 2. The minimum Gasteiger partial charge on any atom is -0.507 e. The van der Waals surface area contributed by atoms with E-state index < -0.39 is 13.6 Å².